The zero-order valence-electron chi connectivity index (χ0n) is 15.6. The first-order chi connectivity index (χ1) is 10.4. The second-order valence-corrected chi connectivity index (χ2v) is 8.20. The summed E-state index contributed by atoms with van der Waals surface area (Å²) in [6.07, 6.45) is 26.5. The third-order valence-electron chi connectivity index (χ3n) is 4.41. The monoisotopic (exact) mass is 350 g/mol. The van der Waals surface area contributed by atoms with E-state index in [0.29, 0.717) is 0 Å². The highest BCUT2D eigenvalue weighted by Crippen LogP contribution is 2.18. The lowest BCUT2D eigenvalue weighted by Crippen LogP contribution is -1.85. The molecule has 0 nitrogen and oxygen atoms in total. The van der Waals surface area contributed by atoms with Gasteiger partial charge in [0.15, 0.2) is 0 Å². The summed E-state index contributed by atoms with van der Waals surface area (Å²) < 4.78 is 0. The van der Waals surface area contributed by atoms with E-state index in [1.54, 1.807) is 0 Å². The standard InChI is InChI=1S/C20H43P.ClH/c1-3-5-7-9-10-11-12-13-14-15-16-18-20-21-19-17-8-6-4-2;/h21H,3-20H2,1-2H3;1H. The minimum absolute atomic E-state index is 0. The minimum atomic E-state index is 0. The third kappa shape index (κ3) is 23.0. The molecule has 0 bridgehead atoms. The van der Waals surface area contributed by atoms with Gasteiger partial charge in [-0.25, -0.2) is 0 Å². The van der Waals surface area contributed by atoms with E-state index in [-0.39, 0.29) is 12.4 Å². The van der Waals surface area contributed by atoms with E-state index in [0.717, 1.165) is 0 Å². The van der Waals surface area contributed by atoms with Gasteiger partial charge in [-0.1, -0.05) is 104 Å². The van der Waals surface area contributed by atoms with Gasteiger partial charge in [-0.05, 0) is 25.2 Å². The average molecular weight is 351 g/mol. The average Bonchev–Trinajstić information content (AvgIpc) is 2.50. The van der Waals surface area contributed by atoms with Crippen molar-refractivity contribution in [2.24, 2.45) is 0 Å². The van der Waals surface area contributed by atoms with E-state index in [9.17, 15) is 0 Å². The molecule has 0 spiro atoms. The Morgan fingerprint density at radius 2 is 0.682 bits per heavy atom. The van der Waals surface area contributed by atoms with E-state index in [1.165, 1.54) is 124 Å². The van der Waals surface area contributed by atoms with Crippen LogP contribution in [0.1, 0.15) is 117 Å². The number of hydrogen-bond donors (Lipinski definition) is 0. The maximum atomic E-state index is 2.30. The van der Waals surface area contributed by atoms with Gasteiger partial charge in [-0.2, -0.15) is 0 Å². The molecule has 0 aromatic heterocycles. The van der Waals surface area contributed by atoms with Crippen LogP contribution in [0.3, 0.4) is 0 Å². The quantitative estimate of drug-likeness (QED) is 0.172. The van der Waals surface area contributed by atoms with Crippen LogP contribution in [-0.4, -0.2) is 12.3 Å². The summed E-state index contributed by atoms with van der Waals surface area (Å²) in [5.41, 5.74) is 0. The Kier molecular flexibility index (Phi) is 27.2. The van der Waals surface area contributed by atoms with Gasteiger partial charge in [0, 0.05) is 0 Å². The molecule has 0 aromatic carbocycles. The van der Waals surface area contributed by atoms with Gasteiger partial charge < -0.3 is 0 Å². The highest BCUT2D eigenvalue weighted by Gasteiger charge is 1.94. The maximum Gasteiger partial charge on any atom is -0.0353 e. The molecule has 0 radical (unpaired) electrons. The number of hydrogen-bond acceptors (Lipinski definition) is 0. The Bertz CT molecular complexity index is 155. The first kappa shape index (κ1) is 25.0. The van der Waals surface area contributed by atoms with Gasteiger partial charge in [0.05, 0.1) is 0 Å². The van der Waals surface area contributed by atoms with Crippen molar-refractivity contribution in [1.29, 1.82) is 0 Å². The molecule has 0 heterocycles. The zero-order chi connectivity index (χ0) is 15.4. The number of halogens is 1. The van der Waals surface area contributed by atoms with Crippen molar-refractivity contribution in [3.63, 3.8) is 0 Å². The van der Waals surface area contributed by atoms with Gasteiger partial charge >= 0.3 is 0 Å². The highest BCUT2D eigenvalue weighted by molar-refractivity contribution is 7.37. The fourth-order valence-corrected chi connectivity index (χ4v) is 4.14. The number of rotatable bonds is 18. The lowest BCUT2D eigenvalue weighted by atomic mass is 10.1. The first-order valence-electron chi connectivity index (χ1n) is 10.1. The van der Waals surface area contributed by atoms with Gasteiger partial charge in [0.25, 0.3) is 0 Å². The summed E-state index contributed by atoms with van der Waals surface area (Å²) in [4.78, 5) is 0. The molecule has 0 aliphatic rings. The SMILES string of the molecule is CCCCCCCCCCCCCCPCCCCCC.Cl. The van der Waals surface area contributed by atoms with Crippen molar-refractivity contribution in [1.82, 2.24) is 0 Å². The fraction of sp³-hybridized carbons (Fsp3) is 1.00. The van der Waals surface area contributed by atoms with Gasteiger partial charge in [0.2, 0.25) is 0 Å². The smallest absolute Gasteiger partial charge is 0.0353 e. The summed E-state index contributed by atoms with van der Waals surface area (Å²) in [7, 11) is 1.26. The van der Waals surface area contributed by atoms with Gasteiger partial charge in [-0.3, -0.25) is 0 Å². The Labute approximate surface area is 150 Å². The second-order valence-electron chi connectivity index (χ2n) is 6.70. The Hall–Kier alpha value is 0.720. The van der Waals surface area contributed by atoms with Crippen LogP contribution in [0.25, 0.3) is 0 Å². The predicted octanol–water partition coefficient (Wildman–Crippen LogP) is 8.37. The Balaban J connectivity index is 0. The maximum absolute atomic E-state index is 2.30. The van der Waals surface area contributed by atoms with Crippen molar-refractivity contribution in [3.8, 4) is 0 Å². The van der Waals surface area contributed by atoms with Crippen LogP contribution in [-0.2, 0) is 0 Å². The highest BCUT2D eigenvalue weighted by atomic mass is 35.5. The molecular formula is C20H44ClP. The molecule has 0 amide bonds. The topological polar surface area (TPSA) is 0 Å². The molecule has 0 fully saturated rings. The molecule has 0 aromatic rings. The Morgan fingerprint density at radius 3 is 1.05 bits per heavy atom. The largest absolute Gasteiger partial charge is 0.147 e. The minimum Gasteiger partial charge on any atom is -0.147 e. The molecule has 0 rings (SSSR count). The van der Waals surface area contributed by atoms with Crippen molar-refractivity contribution in [3.05, 3.63) is 0 Å². The van der Waals surface area contributed by atoms with Crippen LogP contribution in [0.5, 0.6) is 0 Å². The summed E-state index contributed by atoms with van der Waals surface area (Å²) in [5, 5.41) is 0. The lowest BCUT2D eigenvalue weighted by Gasteiger charge is -2.03. The lowest BCUT2D eigenvalue weighted by molar-refractivity contribution is 0.548. The molecule has 0 saturated heterocycles. The molecule has 2 heteroatoms. The van der Waals surface area contributed by atoms with Crippen molar-refractivity contribution in [2.75, 3.05) is 12.3 Å². The summed E-state index contributed by atoms with van der Waals surface area (Å²) in [6.45, 7) is 4.60. The van der Waals surface area contributed by atoms with Gasteiger partial charge in [-0.15, -0.1) is 21.0 Å². The molecule has 22 heavy (non-hydrogen) atoms. The third-order valence-corrected chi connectivity index (χ3v) is 5.83. The van der Waals surface area contributed by atoms with Gasteiger partial charge in [0.1, 0.15) is 0 Å². The normalized spacial score (nSPS) is 11.2. The van der Waals surface area contributed by atoms with Crippen LogP contribution in [0, 0.1) is 0 Å². The van der Waals surface area contributed by atoms with Crippen molar-refractivity contribution >= 4 is 21.0 Å². The summed E-state index contributed by atoms with van der Waals surface area (Å²) >= 11 is 0. The second kappa shape index (κ2) is 24.0. The van der Waals surface area contributed by atoms with Crippen LogP contribution in [0.4, 0.5) is 0 Å². The van der Waals surface area contributed by atoms with E-state index in [2.05, 4.69) is 13.8 Å². The molecule has 0 aliphatic carbocycles. The zero-order valence-corrected chi connectivity index (χ0v) is 17.5. The van der Waals surface area contributed by atoms with Crippen molar-refractivity contribution in [2.45, 2.75) is 117 Å². The Morgan fingerprint density at radius 1 is 0.409 bits per heavy atom. The molecular weight excluding hydrogens is 307 g/mol. The predicted molar refractivity (Wildman–Crippen MR) is 111 cm³/mol. The molecule has 1 unspecified atom stereocenters. The van der Waals surface area contributed by atoms with Crippen LogP contribution >= 0.6 is 21.0 Å². The number of unbranched alkanes of at least 4 members (excludes halogenated alkanes) is 14. The molecule has 0 saturated carbocycles. The fourth-order valence-electron chi connectivity index (χ4n) is 2.89. The van der Waals surface area contributed by atoms with Crippen LogP contribution in [0.2, 0.25) is 0 Å². The molecule has 0 aliphatic heterocycles. The molecule has 1 atom stereocenters. The van der Waals surface area contributed by atoms with Crippen molar-refractivity contribution < 1.29 is 0 Å². The summed E-state index contributed by atoms with van der Waals surface area (Å²) in [6, 6.07) is 0. The van der Waals surface area contributed by atoms with E-state index in [1.807, 2.05) is 0 Å². The summed E-state index contributed by atoms with van der Waals surface area (Å²) in [5.74, 6) is 0. The molecule has 136 valence electrons. The van der Waals surface area contributed by atoms with E-state index < -0.39 is 0 Å². The van der Waals surface area contributed by atoms with E-state index in [4.69, 9.17) is 0 Å². The molecule has 0 N–H and O–H groups in total. The van der Waals surface area contributed by atoms with Crippen LogP contribution < -0.4 is 0 Å². The van der Waals surface area contributed by atoms with E-state index >= 15 is 0 Å². The first-order valence-corrected chi connectivity index (χ1v) is 11.5. The van der Waals surface area contributed by atoms with Crippen LogP contribution in [0.15, 0.2) is 0 Å².